The van der Waals surface area contributed by atoms with E-state index in [4.69, 9.17) is 4.74 Å². The van der Waals surface area contributed by atoms with E-state index in [1.54, 1.807) is 18.3 Å². The topological polar surface area (TPSA) is 55.4 Å². The predicted octanol–water partition coefficient (Wildman–Crippen LogP) is 4.98. The lowest BCUT2D eigenvalue weighted by atomic mass is 9.73. The molecule has 1 aliphatic heterocycles. The quantitative estimate of drug-likeness (QED) is 0.726. The molecule has 4 nitrogen and oxygen atoms in total. The maximum atomic E-state index is 13.4. The van der Waals surface area contributed by atoms with Crippen LogP contribution in [0.2, 0.25) is 0 Å². The van der Waals surface area contributed by atoms with Crippen LogP contribution in [-0.4, -0.2) is 18.4 Å². The zero-order valence-electron chi connectivity index (χ0n) is 17.0. The van der Waals surface area contributed by atoms with Gasteiger partial charge in [0.15, 0.2) is 5.78 Å². The molecule has 0 unspecified atom stereocenters. The Morgan fingerprint density at radius 3 is 2.59 bits per heavy atom. The molecular formula is C24H25NO3S. The highest BCUT2D eigenvalue weighted by Gasteiger charge is 2.42. The molecule has 29 heavy (non-hydrogen) atoms. The molecule has 5 heteroatoms. The van der Waals surface area contributed by atoms with Crippen LogP contribution < -0.4 is 5.32 Å². The van der Waals surface area contributed by atoms with E-state index < -0.39 is 0 Å². The number of ether oxygens (including phenoxy) is 1. The Kier molecular flexibility index (Phi) is 5.41. The molecule has 0 bridgehead atoms. The lowest BCUT2D eigenvalue weighted by Crippen LogP contribution is -2.36. The van der Waals surface area contributed by atoms with E-state index in [9.17, 15) is 9.59 Å². The largest absolute Gasteiger partial charge is 0.463 e. The summed E-state index contributed by atoms with van der Waals surface area (Å²) in [5.41, 5.74) is 5.29. The number of aryl methyl sites for hydroxylation is 1. The Balaban J connectivity index is 1.80. The van der Waals surface area contributed by atoms with Gasteiger partial charge in [-0.3, -0.25) is 4.79 Å². The number of hydrogen-bond donors (Lipinski definition) is 1. The molecule has 0 radical (unpaired) electrons. The number of Topliss-reactive ketones (excluding diaryl/α,β-unsaturated/α-hetero) is 1. The smallest absolute Gasteiger partial charge is 0.336 e. The zero-order chi connectivity index (χ0) is 20.5. The zero-order valence-corrected chi connectivity index (χ0v) is 17.8. The molecule has 2 aromatic rings. The molecule has 1 aromatic carbocycles. The Hall–Kier alpha value is -2.66. The highest BCUT2D eigenvalue weighted by atomic mass is 32.1. The average molecular weight is 408 g/mol. The number of esters is 1. The van der Waals surface area contributed by atoms with Crippen LogP contribution in [0.3, 0.4) is 0 Å². The van der Waals surface area contributed by atoms with Crippen LogP contribution >= 0.6 is 11.3 Å². The van der Waals surface area contributed by atoms with Gasteiger partial charge in [0.1, 0.15) is 0 Å². The summed E-state index contributed by atoms with van der Waals surface area (Å²) in [5, 5.41) is 5.41. The third-order valence-corrected chi connectivity index (χ3v) is 6.84. The predicted molar refractivity (Wildman–Crippen MR) is 115 cm³/mol. The monoisotopic (exact) mass is 407 g/mol. The summed E-state index contributed by atoms with van der Waals surface area (Å²) in [7, 11) is 0. The van der Waals surface area contributed by atoms with Crippen molar-refractivity contribution in [3.63, 3.8) is 0 Å². The van der Waals surface area contributed by atoms with E-state index in [1.165, 1.54) is 5.56 Å². The van der Waals surface area contributed by atoms with Crippen LogP contribution in [-0.2, 0) is 14.3 Å². The van der Waals surface area contributed by atoms with Crippen LogP contribution in [0.25, 0.3) is 0 Å². The summed E-state index contributed by atoms with van der Waals surface area (Å²) in [4.78, 5) is 27.3. The number of ketones is 1. The van der Waals surface area contributed by atoms with Crippen molar-refractivity contribution in [1.29, 1.82) is 0 Å². The summed E-state index contributed by atoms with van der Waals surface area (Å²) in [6, 6.07) is 12.2. The Morgan fingerprint density at radius 1 is 1.17 bits per heavy atom. The van der Waals surface area contributed by atoms with Crippen LogP contribution in [0.1, 0.15) is 54.5 Å². The highest BCUT2D eigenvalue weighted by molar-refractivity contribution is 7.10. The number of carbonyl (C=O) groups is 2. The molecule has 0 fully saturated rings. The Bertz CT molecular complexity index is 1020. The van der Waals surface area contributed by atoms with Gasteiger partial charge in [-0.05, 0) is 55.7 Å². The van der Waals surface area contributed by atoms with Crippen LogP contribution in [0.5, 0.6) is 0 Å². The van der Waals surface area contributed by atoms with Gasteiger partial charge in [-0.15, -0.1) is 11.3 Å². The van der Waals surface area contributed by atoms with E-state index >= 15 is 0 Å². The second-order valence-corrected chi connectivity index (χ2v) is 8.56. The number of hydrogen-bond acceptors (Lipinski definition) is 5. The molecule has 0 saturated carbocycles. The van der Waals surface area contributed by atoms with Crippen molar-refractivity contribution in [3.8, 4) is 0 Å². The number of allylic oxidation sites excluding steroid dienone is 3. The minimum Gasteiger partial charge on any atom is -0.463 e. The fourth-order valence-electron chi connectivity index (χ4n) is 4.42. The van der Waals surface area contributed by atoms with Crippen LogP contribution in [0.4, 0.5) is 0 Å². The molecule has 2 heterocycles. The van der Waals surface area contributed by atoms with Crippen molar-refractivity contribution in [1.82, 2.24) is 5.32 Å². The maximum absolute atomic E-state index is 13.4. The first-order valence-electron chi connectivity index (χ1n) is 10.0. The first kappa shape index (κ1) is 19.6. The van der Waals surface area contributed by atoms with Gasteiger partial charge in [-0.1, -0.05) is 30.3 Å². The number of carbonyl (C=O) groups excluding carboxylic acids is 2. The number of nitrogens with one attached hydrogen (secondary N) is 1. The summed E-state index contributed by atoms with van der Waals surface area (Å²) in [5.74, 6) is -0.439. The molecule has 0 saturated heterocycles. The van der Waals surface area contributed by atoms with Crippen molar-refractivity contribution in [2.45, 2.75) is 45.4 Å². The molecule has 2 atom stereocenters. The first-order chi connectivity index (χ1) is 14.0. The Labute approximate surface area is 175 Å². The SMILES string of the molecule is CCOC(=O)C1=C(C)NC2=C(C(=O)C[C@@H](c3ccccc3)C2)[C@H]1c1sccc1C. The van der Waals surface area contributed by atoms with Crippen molar-refractivity contribution < 1.29 is 14.3 Å². The van der Waals surface area contributed by atoms with Crippen LogP contribution in [0, 0.1) is 6.92 Å². The molecule has 0 amide bonds. The minimum absolute atomic E-state index is 0.111. The van der Waals surface area contributed by atoms with E-state index in [-0.39, 0.29) is 23.6 Å². The molecule has 1 aromatic heterocycles. The van der Waals surface area contributed by atoms with Crippen molar-refractivity contribution in [2.75, 3.05) is 6.61 Å². The average Bonchev–Trinajstić information content (AvgIpc) is 3.13. The van der Waals surface area contributed by atoms with E-state index in [0.29, 0.717) is 18.6 Å². The van der Waals surface area contributed by atoms with Gasteiger partial charge in [0.2, 0.25) is 0 Å². The molecule has 2 aliphatic rings. The molecule has 0 spiro atoms. The third kappa shape index (κ3) is 3.55. The number of dihydropyridines is 1. The lowest BCUT2D eigenvalue weighted by molar-refractivity contribution is -0.138. The van der Waals surface area contributed by atoms with Gasteiger partial charge in [-0.25, -0.2) is 4.79 Å². The number of rotatable bonds is 4. The first-order valence-corrected chi connectivity index (χ1v) is 10.9. The summed E-state index contributed by atoms with van der Waals surface area (Å²) >= 11 is 1.60. The van der Waals surface area contributed by atoms with Gasteiger partial charge in [0, 0.05) is 28.3 Å². The van der Waals surface area contributed by atoms with E-state index in [0.717, 1.165) is 33.8 Å². The third-order valence-electron chi connectivity index (χ3n) is 5.76. The van der Waals surface area contributed by atoms with E-state index in [2.05, 4.69) is 17.4 Å². The second kappa shape index (κ2) is 7.99. The molecule has 4 rings (SSSR count). The molecular weight excluding hydrogens is 382 g/mol. The van der Waals surface area contributed by atoms with Gasteiger partial charge in [0.25, 0.3) is 0 Å². The Morgan fingerprint density at radius 2 is 1.93 bits per heavy atom. The lowest BCUT2D eigenvalue weighted by Gasteiger charge is -2.36. The van der Waals surface area contributed by atoms with Gasteiger partial charge in [0.05, 0.1) is 18.1 Å². The minimum atomic E-state index is -0.352. The number of thiophene rings is 1. The summed E-state index contributed by atoms with van der Waals surface area (Å²) in [6.07, 6.45) is 1.22. The highest BCUT2D eigenvalue weighted by Crippen LogP contribution is 2.47. The summed E-state index contributed by atoms with van der Waals surface area (Å²) in [6.45, 7) is 6.05. The second-order valence-electron chi connectivity index (χ2n) is 7.62. The normalized spacial score (nSPS) is 21.7. The van der Waals surface area contributed by atoms with Crippen molar-refractivity contribution in [3.05, 3.63) is 80.3 Å². The van der Waals surface area contributed by atoms with Gasteiger partial charge >= 0.3 is 5.97 Å². The maximum Gasteiger partial charge on any atom is 0.336 e. The molecule has 150 valence electrons. The standard InChI is InChI=1S/C24H25NO3S/c1-4-28-24(27)20-15(3)25-18-12-17(16-8-6-5-7-9-16)13-19(26)21(18)22(20)23-14(2)10-11-29-23/h5-11,17,22,25H,4,12-13H2,1-3H3/t17-,22-/m0/s1. The molecule has 1 N–H and O–H groups in total. The number of benzene rings is 1. The fraction of sp³-hybridized carbons (Fsp3) is 0.333. The van der Waals surface area contributed by atoms with Crippen LogP contribution in [0.15, 0.2) is 64.3 Å². The van der Waals surface area contributed by atoms with Gasteiger partial charge in [-0.2, -0.15) is 0 Å². The van der Waals surface area contributed by atoms with E-state index in [1.807, 2.05) is 43.5 Å². The van der Waals surface area contributed by atoms with Crippen molar-refractivity contribution >= 4 is 23.1 Å². The summed E-state index contributed by atoms with van der Waals surface area (Å²) < 4.78 is 5.36. The van der Waals surface area contributed by atoms with Gasteiger partial charge < -0.3 is 10.1 Å². The molecule has 1 aliphatic carbocycles. The van der Waals surface area contributed by atoms with Crippen molar-refractivity contribution in [2.24, 2.45) is 0 Å². The fourth-order valence-corrected chi connectivity index (χ4v) is 5.47.